The number of hydrogen-bond donors (Lipinski definition) is 4. The second kappa shape index (κ2) is 13.5. The van der Waals surface area contributed by atoms with Gasteiger partial charge in [-0.3, -0.25) is 24.0 Å². The van der Waals surface area contributed by atoms with Crippen LogP contribution in [0.25, 0.3) is 0 Å². The molecule has 2 saturated heterocycles. The topological polar surface area (TPSA) is 154 Å². The Kier molecular flexibility index (Phi) is 10.0. The molecule has 2 atom stereocenters. The van der Waals surface area contributed by atoms with Gasteiger partial charge in [-0.05, 0) is 50.0 Å². The number of nitrogens with one attached hydrogen (secondary N) is 3. The van der Waals surface area contributed by atoms with Gasteiger partial charge in [0.1, 0.15) is 6.04 Å². The third kappa shape index (κ3) is 8.51. The summed E-state index contributed by atoms with van der Waals surface area (Å²) in [6, 6.07) is 7.73. The van der Waals surface area contributed by atoms with Crippen molar-refractivity contribution in [2.24, 2.45) is 23.0 Å². The lowest BCUT2D eigenvalue weighted by Crippen LogP contribution is -2.63. The van der Waals surface area contributed by atoms with Crippen molar-refractivity contribution in [3.05, 3.63) is 35.9 Å². The Balaban J connectivity index is 1.16. The first-order chi connectivity index (χ1) is 19.5. The molecular formula is C30H44N6O5. The summed E-state index contributed by atoms with van der Waals surface area (Å²) in [6.45, 7) is 6.22. The van der Waals surface area contributed by atoms with Gasteiger partial charge in [0.2, 0.25) is 29.5 Å². The number of piperidine rings is 1. The van der Waals surface area contributed by atoms with E-state index >= 15 is 0 Å². The van der Waals surface area contributed by atoms with Crippen LogP contribution in [-0.2, 0) is 30.4 Å². The Morgan fingerprint density at radius 3 is 2.17 bits per heavy atom. The number of likely N-dealkylation sites (tertiary alicyclic amines) is 2. The van der Waals surface area contributed by atoms with Crippen LogP contribution in [0.3, 0.4) is 0 Å². The SMILES string of the molecule is CC(C)C[C@@H](NC(=O)CNC(=O)[C@H](N)Cc1ccccc1)C(=O)NCC(=O)N1CC2(CCN(C(=O)C3CC3)CC2)C1. The first-order valence-electron chi connectivity index (χ1n) is 14.8. The lowest BCUT2D eigenvalue weighted by Gasteiger charge is -2.54. The second-order valence-electron chi connectivity index (χ2n) is 12.3. The summed E-state index contributed by atoms with van der Waals surface area (Å²) in [5.74, 6) is -0.918. The fourth-order valence-corrected chi connectivity index (χ4v) is 5.65. The van der Waals surface area contributed by atoms with Crippen LogP contribution in [0.1, 0.15) is 51.5 Å². The number of nitrogens with two attached hydrogens (primary N) is 1. The molecule has 5 N–H and O–H groups in total. The van der Waals surface area contributed by atoms with E-state index in [2.05, 4.69) is 16.0 Å². The summed E-state index contributed by atoms with van der Waals surface area (Å²) in [6.07, 6.45) is 4.55. The smallest absolute Gasteiger partial charge is 0.243 e. The Morgan fingerprint density at radius 1 is 0.927 bits per heavy atom. The normalized spacial score (nSPS) is 19.2. The van der Waals surface area contributed by atoms with Crippen molar-refractivity contribution in [3.63, 3.8) is 0 Å². The van der Waals surface area contributed by atoms with Gasteiger partial charge in [-0.2, -0.15) is 0 Å². The molecule has 1 aromatic carbocycles. The fraction of sp³-hybridized carbons (Fsp3) is 0.633. The number of benzene rings is 1. The van der Waals surface area contributed by atoms with Gasteiger partial charge in [0, 0.05) is 37.5 Å². The van der Waals surface area contributed by atoms with Gasteiger partial charge in [0.05, 0.1) is 19.1 Å². The number of carbonyl (C=O) groups is 5. The molecule has 11 nitrogen and oxygen atoms in total. The van der Waals surface area contributed by atoms with Crippen molar-refractivity contribution in [1.82, 2.24) is 25.8 Å². The summed E-state index contributed by atoms with van der Waals surface area (Å²) in [5.41, 5.74) is 6.97. The molecule has 3 fully saturated rings. The molecule has 11 heteroatoms. The lowest BCUT2D eigenvalue weighted by molar-refractivity contribution is -0.150. The number of nitrogens with zero attached hydrogens (tertiary/aromatic N) is 2. The molecule has 4 rings (SSSR count). The van der Waals surface area contributed by atoms with Crippen LogP contribution >= 0.6 is 0 Å². The van der Waals surface area contributed by atoms with Crippen molar-refractivity contribution in [3.8, 4) is 0 Å². The molecule has 1 aliphatic carbocycles. The molecule has 0 radical (unpaired) electrons. The Morgan fingerprint density at radius 2 is 1.56 bits per heavy atom. The largest absolute Gasteiger partial charge is 0.346 e. The molecule has 224 valence electrons. The molecule has 3 aliphatic rings. The van der Waals surface area contributed by atoms with Gasteiger partial charge in [0.25, 0.3) is 0 Å². The second-order valence-corrected chi connectivity index (χ2v) is 12.3. The van der Waals surface area contributed by atoms with Crippen LogP contribution in [-0.4, -0.2) is 90.7 Å². The third-order valence-corrected chi connectivity index (χ3v) is 8.30. The van der Waals surface area contributed by atoms with E-state index in [0.717, 1.165) is 44.3 Å². The molecule has 0 bridgehead atoms. The van der Waals surface area contributed by atoms with E-state index in [1.165, 1.54) is 0 Å². The van der Waals surface area contributed by atoms with E-state index in [9.17, 15) is 24.0 Å². The average molecular weight is 569 g/mol. The highest BCUT2D eigenvalue weighted by Gasteiger charge is 2.48. The van der Waals surface area contributed by atoms with Crippen molar-refractivity contribution >= 4 is 29.5 Å². The molecule has 41 heavy (non-hydrogen) atoms. The lowest BCUT2D eigenvalue weighted by atomic mass is 9.72. The highest BCUT2D eigenvalue weighted by molar-refractivity contribution is 5.92. The van der Waals surface area contributed by atoms with E-state index in [-0.39, 0.29) is 42.2 Å². The summed E-state index contributed by atoms with van der Waals surface area (Å²) in [7, 11) is 0. The van der Waals surface area contributed by atoms with Crippen molar-refractivity contribution < 1.29 is 24.0 Å². The van der Waals surface area contributed by atoms with E-state index in [0.29, 0.717) is 25.9 Å². The van der Waals surface area contributed by atoms with Gasteiger partial charge in [0.15, 0.2) is 0 Å². The number of rotatable bonds is 12. The molecule has 1 spiro atoms. The van der Waals surface area contributed by atoms with Crippen molar-refractivity contribution in [2.45, 2.75) is 64.5 Å². The zero-order valence-electron chi connectivity index (χ0n) is 24.2. The Hall–Kier alpha value is -3.47. The zero-order chi connectivity index (χ0) is 29.6. The molecule has 1 aromatic rings. The third-order valence-electron chi connectivity index (χ3n) is 8.30. The first-order valence-corrected chi connectivity index (χ1v) is 14.8. The van der Waals surface area contributed by atoms with Crippen LogP contribution < -0.4 is 21.7 Å². The molecule has 0 unspecified atom stereocenters. The molecule has 5 amide bonds. The minimum atomic E-state index is -0.832. The minimum absolute atomic E-state index is 0.0716. The molecular weight excluding hydrogens is 524 g/mol. The van der Waals surface area contributed by atoms with Crippen LogP contribution in [0.4, 0.5) is 0 Å². The van der Waals surface area contributed by atoms with E-state index < -0.39 is 29.8 Å². The number of hydrogen-bond acceptors (Lipinski definition) is 6. The standard InChI is InChI=1S/C30H44N6O5/c1-20(2)14-24(34-25(37)16-32-27(39)23(31)15-21-6-4-3-5-7-21)28(40)33-17-26(38)36-18-30(19-36)10-12-35(13-11-30)29(41)22-8-9-22/h3-7,20,22-24H,8-19,31H2,1-2H3,(H,32,39)(H,33,40)(H,34,37)/t23-,24-/m1/s1. The van der Waals surface area contributed by atoms with Crippen LogP contribution in [0.2, 0.25) is 0 Å². The van der Waals surface area contributed by atoms with Crippen LogP contribution in [0.5, 0.6) is 0 Å². The van der Waals surface area contributed by atoms with Gasteiger partial charge in [-0.25, -0.2) is 0 Å². The maximum atomic E-state index is 12.9. The fourth-order valence-electron chi connectivity index (χ4n) is 5.65. The Bertz CT molecular complexity index is 1110. The van der Waals surface area contributed by atoms with Crippen molar-refractivity contribution in [2.75, 3.05) is 39.3 Å². The summed E-state index contributed by atoms with van der Waals surface area (Å²) in [4.78, 5) is 66.6. The van der Waals surface area contributed by atoms with Gasteiger partial charge >= 0.3 is 0 Å². The first kappa shape index (κ1) is 30.5. The Labute approximate surface area is 241 Å². The average Bonchev–Trinajstić information content (AvgIpc) is 3.78. The highest BCUT2D eigenvalue weighted by Crippen LogP contribution is 2.41. The monoisotopic (exact) mass is 568 g/mol. The summed E-state index contributed by atoms with van der Waals surface area (Å²) in [5, 5.41) is 7.90. The number of amides is 5. The van der Waals surface area contributed by atoms with Crippen LogP contribution in [0, 0.1) is 17.3 Å². The predicted octanol–water partition coefficient (Wildman–Crippen LogP) is 0.181. The molecule has 2 aliphatic heterocycles. The van der Waals surface area contributed by atoms with Gasteiger partial charge in [-0.15, -0.1) is 0 Å². The maximum absolute atomic E-state index is 12.9. The zero-order valence-corrected chi connectivity index (χ0v) is 24.2. The van der Waals surface area contributed by atoms with Crippen LogP contribution in [0.15, 0.2) is 30.3 Å². The summed E-state index contributed by atoms with van der Waals surface area (Å²) >= 11 is 0. The van der Waals surface area contributed by atoms with Gasteiger partial charge in [-0.1, -0.05) is 44.2 Å². The van der Waals surface area contributed by atoms with E-state index in [4.69, 9.17) is 5.73 Å². The van der Waals surface area contributed by atoms with Gasteiger partial charge < -0.3 is 31.5 Å². The molecule has 0 aromatic heterocycles. The quantitative estimate of drug-likeness (QED) is 0.282. The molecule has 1 saturated carbocycles. The summed E-state index contributed by atoms with van der Waals surface area (Å²) < 4.78 is 0. The highest BCUT2D eigenvalue weighted by atomic mass is 16.2. The predicted molar refractivity (Wildman–Crippen MR) is 153 cm³/mol. The molecule has 2 heterocycles. The minimum Gasteiger partial charge on any atom is -0.346 e. The van der Waals surface area contributed by atoms with E-state index in [1.54, 1.807) is 4.90 Å². The maximum Gasteiger partial charge on any atom is 0.243 e. The van der Waals surface area contributed by atoms with E-state index in [1.807, 2.05) is 49.1 Å². The van der Waals surface area contributed by atoms with Crippen molar-refractivity contribution in [1.29, 1.82) is 0 Å². The number of carbonyl (C=O) groups excluding carboxylic acids is 5.